The lowest BCUT2D eigenvalue weighted by Crippen LogP contribution is -2.31. The van der Waals surface area contributed by atoms with E-state index >= 15 is 0 Å². The fourth-order valence-corrected chi connectivity index (χ4v) is 5.42. The van der Waals surface area contributed by atoms with Gasteiger partial charge >= 0.3 is 0 Å². The summed E-state index contributed by atoms with van der Waals surface area (Å²) in [5.74, 6) is -0.440. The topological polar surface area (TPSA) is 93.1 Å². The molecule has 0 unspecified atom stereocenters. The second-order valence-corrected chi connectivity index (χ2v) is 9.50. The van der Waals surface area contributed by atoms with E-state index in [-0.39, 0.29) is 9.80 Å². The molecule has 1 heterocycles. The van der Waals surface area contributed by atoms with Crippen LogP contribution in [-0.4, -0.2) is 33.7 Å². The summed E-state index contributed by atoms with van der Waals surface area (Å²) in [6, 6.07) is 18.5. The Labute approximate surface area is 192 Å². The van der Waals surface area contributed by atoms with Crippen LogP contribution in [0.25, 0.3) is 0 Å². The average Bonchev–Trinajstić information content (AvgIpc) is 3.10. The van der Waals surface area contributed by atoms with E-state index in [2.05, 4.69) is 0 Å². The Hall–Kier alpha value is -3.78. The van der Waals surface area contributed by atoms with E-state index < -0.39 is 27.5 Å². The Morgan fingerprint density at radius 3 is 1.85 bits per heavy atom. The number of hydrogen-bond donors (Lipinski definition) is 1. The summed E-state index contributed by atoms with van der Waals surface area (Å²) in [5.41, 5.74) is 1.82. The normalized spacial score (nSPS) is 16.3. The molecule has 7 nitrogen and oxygen atoms in total. The van der Waals surface area contributed by atoms with Crippen LogP contribution in [0.5, 0.6) is 11.5 Å². The van der Waals surface area contributed by atoms with Gasteiger partial charge < -0.3 is 14.6 Å². The van der Waals surface area contributed by atoms with E-state index in [0.29, 0.717) is 22.7 Å². The molecule has 1 aliphatic heterocycles. The smallest absolute Gasteiger partial charge is 0.295 e. The van der Waals surface area contributed by atoms with Crippen molar-refractivity contribution in [3.8, 4) is 11.5 Å². The van der Waals surface area contributed by atoms with Crippen molar-refractivity contribution in [2.75, 3.05) is 19.1 Å². The van der Waals surface area contributed by atoms with Gasteiger partial charge in [0.05, 0.1) is 19.1 Å². The summed E-state index contributed by atoms with van der Waals surface area (Å²) in [6.45, 7) is 1.85. The molecular weight excluding hydrogens is 442 g/mol. The maximum atomic E-state index is 13.6. The third-order valence-electron chi connectivity index (χ3n) is 5.56. The van der Waals surface area contributed by atoms with Gasteiger partial charge in [-0.15, -0.1) is 0 Å². The van der Waals surface area contributed by atoms with Crippen LogP contribution in [0.15, 0.2) is 88.4 Å². The van der Waals surface area contributed by atoms with Crippen molar-refractivity contribution < 1.29 is 27.8 Å². The molecule has 0 spiro atoms. The van der Waals surface area contributed by atoms with Gasteiger partial charge in [-0.25, -0.2) is 8.42 Å². The summed E-state index contributed by atoms with van der Waals surface area (Å²) >= 11 is 0. The minimum absolute atomic E-state index is 0.00228. The lowest BCUT2D eigenvalue weighted by Gasteiger charge is -2.27. The number of sulfone groups is 1. The molecule has 0 aromatic heterocycles. The predicted octanol–water partition coefficient (Wildman–Crippen LogP) is 4.34. The van der Waals surface area contributed by atoms with Gasteiger partial charge in [-0.05, 0) is 61.0 Å². The first-order chi connectivity index (χ1) is 15.8. The zero-order valence-electron chi connectivity index (χ0n) is 18.3. The van der Waals surface area contributed by atoms with Crippen molar-refractivity contribution in [3.05, 3.63) is 94.6 Å². The monoisotopic (exact) mass is 465 g/mol. The number of aliphatic hydroxyl groups is 1. The predicted molar refractivity (Wildman–Crippen MR) is 124 cm³/mol. The van der Waals surface area contributed by atoms with Gasteiger partial charge in [0.1, 0.15) is 22.4 Å². The van der Waals surface area contributed by atoms with Crippen molar-refractivity contribution in [1.29, 1.82) is 0 Å². The first-order valence-corrected chi connectivity index (χ1v) is 11.6. The Morgan fingerprint density at radius 1 is 0.818 bits per heavy atom. The number of ether oxygens (including phenoxy) is 2. The van der Waals surface area contributed by atoms with Gasteiger partial charge in [0.15, 0.2) is 5.76 Å². The molecule has 0 bridgehead atoms. The Balaban J connectivity index is 1.90. The van der Waals surface area contributed by atoms with Gasteiger partial charge in [-0.1, -0.05) is 29.8 Å². The van der Waals surface area contributed by atoms with E-state index in [9.17, 15) is 18.3 Å². The standard InChI is InChI=1S/C25H23NO6S/c1-16-4-14-21(15-5-16)33(29,30)24-22(17-6-10-19(31-2)11-7-17)26(25(28)23(24)27)18-8-12-20(32-3)13-9-18/h4-15,22,27H,1-3H3/t22-/m1/s1. The Kier molecular flexibility index (Phi) is 5.86. The van der Waals surface area contributed by atoms with Crippen LogP contribution < -0.4 is 14.4 Å². The second-order valence-electron chi connectivity index (χ2n) is 7.58. The Bertz CT molecular complexity index is 1310. The largest absolute Gasteiger partial charge is 0.502 e. The first-order valence-electron chi connectivity index (χ1n) is 10.1. The fourth-order valence-electron chi connectivity index (χ4n) is 3.80. The number of hydrogen-bond acceptors (Lipinski definition) is 6. The number of amides is 1. The van der Waals surface area contributed by atoms with E-state index in [0.717, 1.165) is 5.56 Å². The van der Waals surface area contributed by atoms with E-state index in [1.807, 2.05) is 6.92 Å². The molecular formula is C25H23NO6S. The van der Waals surface area contributed by atoms with E-state index in [1.54, 1.807) is 60.7 Å². The molecule has 170 valence electrons. The molecule has 1 atom stereocenters. The molecule has 0 saturated heterocycles. The van der Waals surface area contributed by atoms with Gasteiger partial charge in [-0.2, -0.15) is 0 Å². The first kappa shape index (κ1) is 22.4. The number of aliphatic hydroxyl groups excluding tert-OH is 1. The Morgan fingerprint density at radius 2 is 1.33 bits per heavy atom. The molecule has 1 aliphatic rings. The molecule has 0 radical (unpaired) electrons. The van der Waals surface area contributed by atoms with Crippen LogP contribution in [0, 0.1) is 6.92 Å². The summed E-state index contributed by atoms with van der Waals surface area (Å²) in [6.07, 6.45) is 0. The van der Waals surface area contributed by atoms with Crippen molar-refractivity contribution in [1.82, 2.24) is 0 Å². The summed E-state index contributed by atoms with van der Waals surface area (Å²) in [5, 5.41) is 10.8. The summed E-state index contributed by atoms with van der Waals surface area (Å²) in [4.78, 5) is 14.1. The van der Waals surface area contributed by atoms with Crippen molar-refractivity contribution in [3.63, 3.8) is 0 Å². The second kappa shape index (κ2) is 8.63. The molecule has 0 aliphatic carbocycles. The third-order valence-corrected chi connectivity index (χ3v) is 7.45. The van der Waals surface area contributed by atoms with Crippen LogP contribution in [0.3, 0.4) is 0 Å². The van der Waals surface area contributed by atoms with Gasteiger partial charge in [0.25, 0.3) is 5.91 Å². The van der Waals surface area contributed by atoms with Crippen LogP contribution in [0.4, 0.5) is 5.69 Å². The van der Waals surface area contributed by atoms with E-state index in [1.165, 1.54) is 31.3 Å². The highest BCUT2D eigenvalue weighted by Crippen LogP contribution is 2.45. The minimum atomic E-state index is -4.19. The number of methoxy groups -OCH3 is 2. The average molecular weight is 466 g/mol. The highest BCUT2D eigenvalue weighted by atomic mass is 32.2. The van der Waals surface area contributed by atoms with Gasteiger partial charge in [0, 0.05) is 5.69 Å². The van der Waals surface area contributed by atoms with Gasteiger partial charge in [-0.3, -0.25) is 9.69 Å². The third kappa shape index (κ3) is 3.93. The highest BCUT2D eigenvalue weighted by molar-refractivity contribution is 7.95. The quantitative estimate of drug-likeness (QED) is 0.582. The van der Waals surface area contributed by atoms with Crippen molar-refractivity contribution in [2.24, 2.45) is 0 Å². The molecule has 8 heteroatoms. The minimum Gasteiger partial charge on any atom is -0.502 e. The van der Waals surface area contributed by atoms with Crippen molar-refractivity contribution in [2.45, 2.75) is 17.9 Å². The van der Waals surface area contributed by atoms with Crippen molar-refractivity contribution >= 4 is 21.4 Å². The molecule has 0 saturated carbocycles. The van der Waals surface area contributed by atoms with Crippen LogP contribution in [0.2, 0.25) is 0 Å². The molecule has 4 rings (SSSR count). The number of rotatable bonds is 6. The summed E-state index contributed by atoms with van der Waals surface area (Å²) in [7, 11) is -1.14. The van der Waals surface area contributed by atoms with Crippen LogP contribution in [0.1, 0.15) is 17.2 Å². The number of anilines is 1. The number of benzene rings is 3. The van der Waals surface area contributed by atoms with Crippen LogP contribution in [-0.2, 0) is 14.6 Å². The van der Waals surface area contributed by atoms with Crippen LogP contribution >= 0.6 is 0 Å². The number of aryl methyl sites for hydroxylation is 1. The van der Waals surface area contributed by atoms with E-state index in [4.69, 9.17) is 9.47 Å². The molecule has 1 N–H and O–H groups in total. The number of carbonyl (C=O) groups excluding carboxylic acids is 1. The lowest BCUT2D eigenvalue weighted by atomic mass is 10.1. The molecule has 3 aromatic rings. The van der Waals surface area contributed by atoms with Gasteiger partial charge in [0.2, 0.25) is 9.84 Å². The fraction of sp³-hybridized carbons (Fsp3) is 0.160. The zero-order valence-corrected chi connectivity index (χ0v) is 19.2. The SMILES string of the molecule is COc1ccc([C@@H]2C(S(=O)(=O)c3ccc(C)cc3)=C(O)C(=O)N2c2ccc(OC)cc2)cc1. The highest BCUT2D eigenvalue weighted by Gasteiger charge is 2.47. The molecule has 0 fully saturated rings. The molecule has 3 aromatic carbocycles. The molecule has 33 heavy (non-hydrogen) atoms. The summed E-state index contributed by atoms with van der Waals surface area (Å²) < 4.78 is 37.7. The maximum absolute atomic E-state index is 13.6. The maximum Gasteiger partial charge on any atom is 0.295 e. The number of carbonyl (C=O) groups is 1. The zero-order chi connectivity index (χ0) is 23.8. The molecule has 1 amide bonds. The number of nitrogens with zero attached hydrogens (tertiary/aromatic N) is 1. The lowest BCUT2D eigenvalue weighted by molar-refractivity contribution is -0.117.